The van der Waals surface area contributed by atoms with E-state index in [9.17, 15) is 9.59 Å². The molecule has 2 N–H and O–H groups in total. The van der Waals surface area contributed by atoms with Crippen LogP contribution in [0.2, 0.25) is 0 Å². The highest BCUT2D eigenvalue weighted by Gasteiger charge is 2.17. The standard InChI is InChI=1S/C17H25N3O3/c1-13-11-20(8-3-9-23-13)12-17(22)18-10-15-4-6-16(7-5-15)19-14(2)21/h4-7,13H,3,8-12H2,1-2H3,(H,18,22)(H,19,21). The molecule has 126 valence electrons. The molecule has 0 aliphatic carbocycles. The smallest absolute Gasteiger partial charge is 0.234 e. The first-order valence-corrected chi connectivity index (χ1v) is 8.00. The van der Waals surface area contributed by atoms with Gasteiger partial charge in [-0.05, 0) is 31.0 Å². The van der Waals surface area contributed by atoms with Crippen molar-refractivity contribution in [3.05, 3.63) is 29.8 Å². The van der Waals surface area contributed by atoms with Gasteiger partial charge in [-0.25, -0.2) is 0 Å². The number of benzene rings is 1. The van der Waals surface area contributed by atoms with Crippen LogP contribution >= 0.6 is 0 Å². The molecule has 6 nitrogen and oxygen atoms in total. The Hall–Kier alpha value is -1.92. The third kappa shape index (κ3) is 6.38. The molecule has 1 fully saturated rings. The summed E-state index contributed by atoms with van der Waals surface area (Å²) in [5.41, 5.74) is 1.76. The lowest BCUT2D eigenvalue weighted by Gasteiger charge is -2.21. The van der Waals surface area contributed by atoms with Crippen molar-refractivity contribution in [2.75, 3.05) is 31.6 Å². The van der Waals surface area contributed by atoms with E-state index in [0.717, 1.165) is 37.4 Å². The lowest BCUT2D eigenvalue weighted by Crippen LogP contribution is -2.39. The van der Waals surface area contributed by atoms with E-state index in [1.807, 2.05) is 31.2 Å². The molecule has 1 heterocycles. The molecule has 0 saturated carbocycles. The summed E-state index contributed by atoms with van der Waals surface area (Å²) in [7, 11) is 0. The molecule has 1 atom stereocenters. The summed E-state index contributed by atoms with van der Waals surface area (Å²) >= 11 is 0. The Bertz CT molecular complexity index is 530. The van der Waals surface area contributed by atoms with Crippen molar-refractivity contribution < 1.29 is 14.3 Å². The van der Waals surface area contributed by atoms with Crippen molar-refractivity contribution >= 4 is 17.5 Å². The van der Waals surface area contributed by atoms with Crippen LogP contribution < -0.4 is 10.6 Å². The van der Waals surface area contributed by atoms with Crippen LogP contribution in [-0.2, 0) is 20.9 Å². The van der Waals surface area contributed by atoms with Gasteiger partial charge in [-0.2, -0.15) is 0 Å². The molecule has 2 rings (SSSR count). The number of carbonyl (C=O) groups is 2. The summed E-state index contributed by atoms with van der Waals surface area (Å²) in [6.07, 6.45) is 1.13. The van der Waals surface area contributed by atoms with Crippen molar-refractivity contribution in [2.24, 2.45) is 0 Å². The van der Waals surface area contributed by atoms with Crippen molar-refractivity contribution in [1.29, 1.82) is 0 Å². The molecule has 6 heteroatoms. The predicted octanol–water partition coefficient (Wildman–Crippen LogP) is 1.37. The summed E-state index contributed by atoms with van der Waals surface area (Å²) in [6.45, 7) is 6.84. The molecule has 0 radical (unpaired) electrons. The van der Waals surface area contributed by atoms with Gasteiger partial charge in [0, 0.05) is 38.9 Å². The number of ether oxygens (including phenoxy) is 1. The van der Waals surface area contributed by atoms with E-state index in [2.05, 4.69) is 15.5 Å². The van der Waals surface area contributed by atoms with Gasteiger partial charge in [-0.1, -0.05) is 12.1 Å². The highest BCUT2D eigenvalue weighted by Crippen LogP contribution is 2.09. The van der Waals surface area contributed by atoms with E-state index in [1.165, 1.54) is 6.92 Å². The van der Waals surface area contributed by atoms with Crippen LogP contribution in [0.15, 0.2) is 24.3 Å². The SMILES string of the molecule is CC(=O)Nc1ccc(CNC(=O)CN2CCCOC(C)C2)cc1. The van der Waals surface area contributed by atoms with Crippen LogP contribution in [0.25, 0.3) is 0 Å². The maximum atomic E-state index is 12.1. The zero-order chi connectivity index (χ0) is 16.7. The largest absolute Gasteiger partial charge is 0.377 e. The number of hydrogen-bond acceptors (Lipinski definition) is 4. The number of hydrogen-bond donors (Lipinski definition) is 2. The molecule has 2 amide bonds. The Balaban J connectivity index is 1.76. The first-order chi connectivity index (χ1) is 11.0. The predicted molar refractivity (Wildman–Crippen MR) is 89.1 cm³/mol. The molecule has 1 aliphatic rings. The molecule has 1 saturated heterocycles. The van der Waals surface area contributed by atoms with Gasteiger partial charge in [-0.3, -0.25) is 14.5 Å². The summed E-state index contributed by atoms with van der Waals surface area (Å²) in [5.74, 6) is -0.0771. The Labute approximate surface area is 137 Å². The zero-order valence-electron chi connectivity index (χ0n) is 13.8. The van der Waals surface area contributed by atoms with E-state index in [4.69, 9.17) is 4.74 Å². The topological polar surface area (TPSA) is 70.7 Å². The Morgan fingerprint density at radius 1 is 1.30 bits per heavy atom. The molecule has 0 aromatic heterocycles. The second-order valence-electron chi connectivity index (χ2n) is 5.92. The van der Waals surface area contributed by atoms with Gasteiger partial charge in [0.2, 0.25) is 11.8 Å². The number of anilines is 1. The molecule has 1 aliphatic heterocycles. The number of rotatable bonds is 5. The van der Waals surface area contributed by atoms with E-state index >= 15 is 0 Å². The third-order valence-electron chi connectivity index (χ3n) is 3.67. The average Bonchev–Trinajstić information content (AvgIpc) is 2.70. The second-order valence-corrected chi connectivity index (χ2v) is 5.92. The van der Waals surface area contributed by atoms with Crippen molar-refractivity contribution in [3.8, 4) is 0 Å². The molecular formula is C17H25N3O3. The first kappa shape index (κ1) is 17.4. The van der Waals surface area contributed by atoms with E-state index in [1.54, 1.807) is 0 Å². The second kappa shape index (κ2) is 8.64. The van der Waals surface area contributed by atoms with Gasteiger partial charge in [0.05, 0.1) is 12.6 Å². The van der Waals surface area contributed by atoms with Gasteiger partial charge < -0.3 is 15.4 Å². The highest BCUT2D eigenvalue weighted by molar-refractivity contribution is 5.88. The molecule has 1 aromatic rings. The van der Waals surface area contributed by atoms with Crippen molar-refractivity contribution in [1.82, 2.24) is 10.2 Å². The number of nitrogens with one attached hydrogen (secondary N) is 2. The number of amides is 2. The minimum Gasteiger partial charge on any atom is -0.377 e. The fraction of sp³-hybridized carbons (Fsp3) is 0.529. The lowest BCUT2D eigenvalue weighted by atomic mass is 10.2. The van der Waals surface area contributed by atoms with Crippen LogP contribution in [0.5, 0.6) is 0 Å². The number of nitrogens with zero attached hydrogens (tertiary/aromatic N) is 1. The Morgan fingerprint density at radius 2 is 2.04 bits per heavy atom. The van der Waals surface area contributed by atoms with Gasteiger partial charge >= 0.3 is 0 Å². The summed E-state index contributed by atoms with van der Waals surface area (Å²) in [6, 6.07) is 7.45. The molecule has 0 spiro atoms. The number of carbonyl (C=O) groups excluding carboxylic acids is 2. The van der Waals surface area contributed by atoms with Crippen molar-refractivity contribution in [3.63, 3.8) is 0 Å². The van der Waals surface area contributed by atoms with Crippen LogP contribution in [0.4, 0.5) is 5.69 Å². The third-order valence-corrected chi connectivity index (χ3v) is 3.67. The monoisotopic (exact) mass is 319 g/mol. The quantitative estimate of drug-likeness (QED) is 0.860. The lowest BCUT2D eigenvalue weighted by molar-refractivity contribution is -0.122. The zero-order valence-corrected chi connectivity index (χ0v) is 13.8. The van der Waals surface area contributed by atoms with Gasteiger partial charge in [0.15, 0.2) is 0 Å². The Kier molecular flexibility index (Phi) is 6.55. The maximum absolute atomic E-state index is 12.1. The maximum Gasteiger partial charge on any atom is 0.234 e. The Morgan fingerprint density at radius 3 is 2.74 bits per heavy atom. The van der Waals surface area contributed by atoms with E-state index < -0.39 is 0 Å². The summed E-state index contributed by atoms with van der Waals surface area (Å²) < 4.78 is 5.58. The summed E-state index contributed by atoms with van der Waals surface area (Å²) in [4.78, 5) is 25.2. The molecule has 1 unspecified atom stereocenters. The van der Waals surface area contributed by atoms with Crippen LogP contribution in [0.1, 0.15) is 25.8 Å². The van der Waals surface area contributed by atoms with Gasteiger partial charge in [0.1, 0.15) is 0 Å². The molecule has 0 bridgehead atoms. The summed E-state index contributed by atoms with van der Waals surface area (Å²) in [5, 5.41) is 5.65. The van der Waals surface area contributed by atoms with Crippen molar-refractivity contribution in [2.45, 2.75) is 32.9 Å². The minimum atomic E-state index is -0.0956. The molecule has 23 heavy (non-hydrogen) atoms. The molecular weight excluding hydrogens is 294 g/mol. The van der Waals surface area contributed by atoms with Crippen LogP contribution in [-0.4, -0.2) is 49.1 Å². The van der Waals surface area contributed by atoms with Crippen LogP contribution in [0.3, 0.4) is 0 Å². The van der Waals surface area contributed by atoms with E-state index in [-0.39, 0.29) is 17.9 Å². The van der Waals surface area contributed by atoms with Gasteiger partial charge in [0.25, 0.3) is 0 Å². The van der Waals surface area contributed by atoms with Crippen LogP contribution in [0, 0.1) is 0 Å². The fourth-order valence-electron chi connectivity index (χ4n) is 2.59. The minimum absolute atomic E-state index is 0.0186. The normalized spacial score (nSPS) is 19.0. The fourth-order valence-corrected chi connectivity index (χ4v) is 2.59. The highest BCUT2D eigenvalue weighted by atomic mass is 16.5. The van der Waals surface area contributed by atoms with E-state index in [0.29, 0.717) is 13.1 Å². The average molecular weight is 319 g/mol. The van der Waals surface area contributed by atoms with Gasteiger partial charge in [-0.15, -0.1) is 0 Å². The molecule has 1 aromatic carbocycles. The first-order valence-electron chi connectivity index (χ1n) is 8.00.